The summed E-state index contributed by atoms with van der Waals surface area (Å²) in [5, 5.41) is 111. The molecule has 0 unspecified atom stereocenters. The maximum absolute atomic E-state index is 15.2. The molecule has 117 heavy (non-hydrogen) atoms. The topological polar surface area (TPSA) is 559 Å². The molecule has 13 amide bonds. The summed E-state index contributed by atoms with van der Waals surface area (Å²) in [5.74, 6) is -8.82. The molecule has 0 spiro atoms. The number of amides is 13. The van der Waals surface area contributed by atoms with Crippen LogP contribution in [0.15, 0.2) is 54.6 Å². The molecule has 0 aliphatic carbocycles. The van der Waals surface area contributed by atoms with Gasteiger partial charge in [-0.05, 0) is 92.6 Å². The third kappa shape index (κ3) is 35.0. The summed E-state index contributed by atoms with van der Waals surface area (Å²) < 4.78 is 11.1. The molecule has 3 fully saturated rings. The Morgan fingerprint density at radius 1 is 0.632 bits per heavy atom. The Morgan fingerprint density at radius 2 is 1.25 bits per heavy atom. The van der Waals surface area contributed by atoms with Crippen LogP contribution in [0.1, 0.15) is 161 Å². The zero-order valence-corrected chi connectivity index (χ0v) is 68.7. The number of aromatic hydroxyl groups is 1. The first kappa shape index (κ1) is 98.9. The molecule has 0 radical (unpaired) electrons. The summed E-state index contributed by atoms with van der Waals surface area (Å²) in [7, 11) is 0. The first-order valence-corrected chi connectivity index (χ1v) is 42.1. The maximum Gasteiger partial charge on any atom is 0.248 e. The fourth-order valence-corrected chi connectivity index (χ4v) is 14.4. The highest BCUT2D eigenvalue weighted by molar-refractivity contribution is 7.98. The largest absolute Gasteiger partial charge is 0.508 e. The lowest BCUT2D eigenvalue weighted by Crippen LogP contribution is -2.64. The molecule has 0 saturated carbocycles. The SMILES string of the molecule is CC[C@H](C)C[C@H](C)CCCCCCCCC(=O)N[C@H]1C[C@@H](O)[C@@H](NCCN)NC(=O)[C@@H]2CCCN2C(=O)[C@H]([C@H](O)CCNC(=O)CCC(=O)NCCOCCOCCNC(=O)[C@H](Cc2ccccc2)NC(=O)CNC(=O)[C@H](CCSC)NC=O)NC(=O)[C@H]([C@H](O)[C@@H](O)c2ccc(O)cc2)NC(=O)[C@@H]2C[C@@H](O)CN2C(=O)[C@H]([C@@H](C)O)NC1=O. The van der Waals surface area contributed by atoms with E-state index in [9.17, 15) is 88.5 Å². The molecule has 2 aromatic rings. The van der Waals surface area contributed by atoms with E-state index >= 15 is 9.59 Å². The minimum Gasteiger partial charge on any atom is -0.508 e. The van der Waals surface area contributed by atoms with Gasteiger partial charge in [-0.3, -0.25) is 67.6 Å². The number of aliphatic hydroxyl groups excluding tert-OH is 6. The fourth-order valence-electron chi connectivity index (χ4n) is 14.0. The number of unbranched alkanes of at least 4 members (excludes halogenated alkanes) is 5. The van der Waals surface area contributed by atoms with Crippen molar-refractivity contribution in [3.05, 3.63) is 65.7 Å². The van der Waals surface area contributed by atoms with Gasteiger partial charge in [-0.2, -0.15) is 11.8 Å². The second-order valence-electron chi connectivity index (χ2n) is 30.2. The summed E-state index contributed by atoms with van der Waals surface area (Å²) in [5.41, 5.74) is 6.54. The van der Waals surface area contributed by atoms with E-state index in [-0.39, 0.29) is 109 Å². The van der Waals surface area contributed by atoms with E-state index in [2.05, 4.69) is 84.6 Å². The quantitative estimate of drug-likeness (QED) is 0.0227. The predicted octanol–water partition coefficient (Wildman–Crippen LogP) is -3.37. The Kier molecular flexibility index (Phi) is 45.4. The number of thioether (sulfide) groups is 1. The monoisotopic (exact) mass is 1670 g/mol. The van der Waals surface area contributed by atoms with Gasteiger partial charge in [-0.15, -0.1) is 0 Å². The van der Waals surface area contributed by atoms with Gasteiger partial charge in [-0.25, -0.2) is 0 Å². The zero-order valence-electron chi connectivity index (χ0n) is 67.9. The molecule has 37 nitrogen and oxygen atoms in total. The standard InChI is InChI=1S/C79H127N15O22S/c1-6-48(2)41-49(3)17-12-9-7-8-10-15-21-64(103)87-57-44-61(100)71(83-32-30-80)92-75(110)58-20-16-35-93(58)79(114)67(90-77(112)68(70(106)69(105)52-22-24-53(97)25-23-52)91-76(111)59-43-54(98)46-94(59)78(113)66(50(4)96)89-74(57)109)60(99)28-31-81-62(101)26-27-63(102)82-33-36-115-38-39-116-37-34-84-73(108)56(42-51-18-13-11-14-19-51)88-65(104)45-85-72(107)55(86-47-95)29-40-117-5/h11,13-14,18-19,22-25,47-50,54-61,66-71,83,96-100,105-106H,6-10,12,15-17,20-21,26-46,80H2,1-5H3,(H,81,101)(H,82,102)(H,84,108)(H,85,107)(H,86,95)(H,87,103)(H,88,104)(H,89,109)(H,90,112)(H,91,111)(H,92,110)/t48-,49+,50+,54+,55-,56-,57-,58-,59-,60+,61+,66-,67-,68-,69-,70-,71-/m0/s1. The number of rotatable bonds is 48. The minimum absolute atomic E-state index is 0.0295. The number of hydrogen-bond donors (Lipinski definition) is 20. The average molecular weight is 1670 g/mol. The van der Waals surface area contributed by atoms with Gasteiger partial charge in [0.2, 0.25) is 77.3 Å². The van der Waals surface area contributed by atoms with Crippen molar-refractivity contribution in [1.82, 2.24) is 73.6 Å². The predicted molar refractivity (Wildman–Crippen MR) is 431 cm³/mol. The number of nitrogens with one attached hydrogen (secondary N) is 12. The van der Waals surface area contributed by atoms with Crippen LogP contribution in [0.2, 0.25) is 0 Å². The Hall–Kier alpha value is -8.70. The number of phenols is 1. The van der Waals surface area contributed by atoms with Crippen molar-refractivity contribution in [1.29, 1.82) is 0 Å². The van der Waals surface area contributed by atoms with E-state index < -0.39 is 201 Å². The number of benzene rings is 2. The van der Waals surface area contributed by atoms with Gasteiger partial charge >= 0.3 is 0 Å². The number of fused-ring (bicyclic) bond motifs is 2. The highest BCUT2D eigenvalue weighted by Gasteiger charge is 2.48. The number of nitrogens with zero attached hydrogens (tertiary/aromatic N) is 2. The normalized spacial score (nSPS) is 22.4. The van der Waals surface area contributed by atoms with Crippen LogP contribution in [0.25, 0.3) is 0 Å². The van der Waals surface area contributed by atoms with Crippen molar-refractivity contribution in [3.63, 3.8) is 0 Å². The lowest BCUT2D eigenvalue weighted by Gasteiger charge is -2.34. The van der Waals surface area contributed by atoms with Crippen LogP contribution in [0.3, 0.4) is 0 Å². The number of carbonyl (C=O) groups is 13. The van der Waals surface area contributed by atoms with Gasteiger partial charge in [-0.1, -0.05) is 108 Å². The van der Waals surface area contributed by atoms with Gasteiger partial charge in [0, 0.05) is 84.3 Å². The van der Waals surface area contributed by atoms with Crippen LogP contribution in [0, 0.1) is 11.8 Å². The molecule has 3 saturated heterocycles. The molecule has 3 heterocycles. The van der Waals surface area contributed by atoms with Crippen LogP contribution < -0.4 is 69.5 Å². The number of hydrogen-bond acceptors (Lipinski definition) is 25. The summed E-state index contributed by atoms with van der Waals surface area (Å²) in [6.45, 7) is 6.56. The Labute approximate surface area is 687 Å². The van der Waals surface area contributed by atoms with Gasteiger partial charge in [0.25, 0.3) is 0 Å². The molecule has 0 aromatic heterocycles. The maximum atomic E-state index is 15.2. The molecule has 656 valence electrons. The molecule has 17 atom stereocenters. The average Bonchev–Trinajstić information content (AvgIpc) is 1.75. The van der Waals surface area contributed by atoms with E-state index in [0.29, 0.717) is 43.3 Å². The Morgan fingerprint density at radius 3 is 1.90 bits per heavy atom. The third-order valence-electron chi connectivity index (χ3n) is 20.7. The second-order valence-corrected chi connectivity index (χ2v) is 31.2. The molecule has 2 aromatic carbocycles. The Bertz CT molecular complexity index is 3450. The first-order chi connectivity index (χ1) is 56.0. The summed E-state index contributed by atoms with van der Waals surface area (Å²) in [4.78, 5) is 181. The summed E-state index contributed by atoms with van der Waals surface area (Å²) in [6.07, 6.45) is -3.90. The van der Waals surface area contributed by atoms with E-state index in [4.69, 9.17) is 15.2 Å². The van der Waals surface area contributed by atoms with Gasteiger partial charge in [0.05, 0.1) is 57.4 Å². The van der Waals surface area contributed by atoms with Gasteiger partial charge in [0.15, 0.2) is 0 Å². The summed E-state index contributed by atoms with van der Waals surface area (Å²) in [6, 6.07) is 0.634. The number of ether oxygens (including phenoxy) is 2. The van der Waals surface area contributed by atoms with Crippen molar-refractivity contribution in [2.24, 2.45) is 17.6 Å². The molecule has 0 bridgehead atoms. The number of nitrogens with two attached hydrogens (primary N) is 1. The highest BCUT2D eigenvalue weighted by Crippen LogP contribution is 2.27. The molecular weight excluding hydrogens is 1540 g/mol. The van der Waals surface area contributed by atoms with Crippen LogP contribution in [-0.4, -0.2) is 299 Å². The van der Waals surface area contributed by atoms with Crippen LogP contribution in [0.5, 0.6) is 5.75 Å². The molecule has 3 aliphatic rings. The number of carbonyl (C=O) groups excluding carboxylic acids is 13. The van der Waals surface area contributed by atoms with Crippen molar-refractivity contribution >= 4 is 89.1 Å². The Balaban J connectivity index is 1.25. The lowest BCUT2D eigenvalue weighted by molar-refractivity contribution is -0.147. The van der Waals surface area contributed by atoms with Crippen molar-refractivity contribution in [2.45, 2.75) is 241 Å². The molecule has 5 rings (SSSR count). The third-order valence-corrected chi connectivity index (χ3v) is 21.4. The number of phenolic OH excluding ortho intramolecular Hbond substituents is 1. The smallest absolute Gasteiger partial charge is 0.248 e. The highest BCUT2D eigenvalue weighted by atomic mass is 32.2. The van der Waals surface area contributed by atoms with Crippen molar-refractivity contribution in [3.8, 4) is 5.75 Å². The van der Waals surface area contributed by atoms with E-state index in [1.807, 2.05) is 6.26 Å². The van der Waals surface area contributed by atoms with E-state index in [1.165, 1.54) is 30.3 Å². The summed E-state index contributed by atoms with van der Waals surface area (Å²) >= 11 is 1.49. The zero-order chi connectivity index (χ0) is 85.9. The van der Waals surface area contributed by atoms with Gasteiger partial charge < -0.3 is 119 Å². The number of aliphatic hydroxyl groups is 6. The van der Waals surface area contributed by atoms with Crippen LogP contribution >= 0.6 is 11.8 Å². The van der Waals surface area contributed by atoms with Crippen LogP contribution in [0.4, 0.5) is 0 Å². The molecule has 38 heteroatoms. The van der Waals surface area contributed by atoms with Crippen LogP contribution in [-0.2, 0) is 78.2 Å². The van der Waals surface area contributed by atoms with Crippen molar-refractivity contribution in [2.75, 3.05) is 90.8 Å². The molecular formula is C79H127N15O22S. The lowest BCUT2D eigenvalue weighted by atomic mass is 9.91. The minimum atomic E-state index is -2.36. The first-order valence-electron chi connectivity index (χ1n) is 40.7. The fraction of sp³-hybridized carbons (Fsp3) is 0.684. The van der Waals surface area contributed by atoms with Crippen molar-refractivity contribution < 1.29 is 108 Å². The second kappa shape index (κ2) is 53.7. The van der Waals surface area contributed by atoms with Gasteiger partial charge in [0.1, 0.15) is 72.5 Å². The van der Waals surface area contributed by atoms with E-state index in [0.717, 1.165) is 72.9 Å². The molecule has 21 N–H and O–H groups in total. The molecule has 3 aliphatic heterocycles. The van der Waals surface area contributed by atoms with E-state index in [1.54, 1.807) is 30.3 Å².